The number of hydrogen-bond acceptors (Lipinski definition) is 8. The molecule has 210 valence electrons. The van der Waals surface area contributed by atoms with E-state index in [1.807, 2.05) is 14.0 Å². The van der Waals surface area contributed by atoms with Crippen molar-refractivity contribution in [3.8, 4) is 5.75 Å². The molecule has 2 aromatic carbocycles. The number of anilines is 1. The molecule has 0 radical (unpaired) electrons. The number of aliphatic hydroxyl groups excluding tert-OH is 1. The molecule has 1 aliphatic heterocycles. The third-order valence-corrected chi connectivity index (χ3v) is 6.88. The van der Waals surface area contributed by atoms with Crippen LogP contribution in [0.25, 0.3) is 0 Å². The average Bonchev–Trinajstić information content (AvgIpc) is 2.95. The number of nitrogens with one attached hydrogen (secondary N) is 1. The summed E-state index contributed by atoms with van der Waals surface area (Å²) in [6, 6.07) is 11.3. The van der Waals surface area contributed by atoms with Gasteiger partial charge < -0.3 is 25.2 Å². The molecule has 3 atom stereocenters. The van der Waals surface area contributed by atoms with Crippen LogP contribution in [0.3, 0.4) is 0 Å². The highest BCUT2D eigenvalue weighted by Crippen LogP contribution is 2.35. The molecule has 0 fully saturated rings. The lowest BCUT2D eigenvalue weighted by atomic mass is 9.98. The molecule has 3 aromatic rings. The van der Waals surface area contributed by atoms with Gasteiger partial charge in [-0.1, -0.05) is 25.1 Å². The highest BCUT2D eigenvalue weighted by atomic mass is 16.5. The normalized spacial score (nSPS) is 17.8. The van der Waals surface area contributed by atoms with Gasteiger partial charge in [-0.05, 0) is 43.8 Å². The number of aliphatic hydroxyl groups is 1. The van der Waals surface area contributed by atoms with Gasteiger partial charge in [0.15, 0.2) is 5.75 Å². The lowest BCUT2D eigenvalue weighted by molar-refractivity contribution is 0.0343. The van der Waals surface area contributed by atoms with E-state index in [-0.39, 0.29) is 41.0 Å². The van der Waals surface area contributed by atoms with Crippen LogP contribution in [0.1, 0.15) is 50.6 Å². The zero-order valence-electron chi connectivity index (χ0n) is 22.7. The van der Waals surface area contributed by atoms with Crippen molar-refractivity contribution in [3.63, 3.8) is 0 Å². The quantitative estimate of drug-likeness (QED) is 0.368. The van der Waals surface area contributed by atoms with Gasteiger partial charge in [0.25, 0.3) is 11.8 Å². The molecular formula is C29H33N5O6. The van der Waals surface area contributed by atoms with Crippen LogP contribution in [0.15, 0.2) is 61.1 Å². The molecule has 11 nitrogen and oxygen atoms in total. The molecule has 2 heterocycles. The van der Waals surface area contributed by atoms with Gasteiger partial charge >= 0.3 is 5.97 Å². The van der Waals surface area contributed by atoms with Gasteiger partial charge in [-0.25, -0.2) is 9.78 Å². The van der Waals surface area contributed by atoms with Crippen LogP contribution in [0.2, 0.25) is 0 Å². The summed E-state index contributed by atoms with van der Waals surface area (Å²) >= 11 is 0. The molecule has 4 rings (SSSR count). The van der Waals surface area contributed by atoms with E-state index in [1.165, 1.54) is 18.6 Å². The highest BCUT2D eigenvalue weighted by Gasteiger charge is 2.34. The summed E-state index contributed by atoms with van der Waals surface area (Å²) in [5.41, 5.74) is 1.88. The molecule has 2 amide bonds. The number of para-hydroxylation sites is 1. The fourth-order valence-electron chi connectivity index (χ4n) is 4.60. The number of hydrogen-bond donors (Lipinski definition) is 3. The van der Waals surface area contributed by atoms with Crippen LogP contribution in [-0.4, -0.2) is 86.7 Å². The average molecular weight is 548 g/mol. The van der Waals surface area contributed by atoms with Crippen LogP contribution in [0.5, 0.6) is 5.75 Å². The first-order valence-electron chi connectivity index (χ1n) is 13.0. The number of benzene rings is 2. The van der Waals surface area contributed by atoms with Gasteiger partial charge in [0.05, 0.1) is 35.7 Å². The fourth-order valence-corrected chi connectivity index (χ4v) is 4.60. The monoisotopic (exact) mass is 547 g/mol. The van der Waals surface area contributed by atoms with E-state index in [1.54, 1.807) is 54.3 Å². The van der Waals surface area contributed by atoms with Crippen LogP contribution in [0, 0.1) is 5.92 Å². The van der Waals surface area contributed by atoms with Crippen molar-refractivity contribution in [2.75, 3.05) is 32.1 Å². The fraction of sp³-hybridized carbons (Fsp3) is 0.345. The van der Waals surface area contributed by atoms with Gasteiger partial charge in [0.2, 0.25) is 0 Å². The number of fused-ring (bicyclic) bond motifs is 1. The van der Waals surface area contributed by atoms with Crippen molar-refractivity contribution in [1.29, 1.82) is 0 Å². The maximum atomic E-state index is 13.6. The molecule has 0 saturated heterocycles. The lowest BCUT2D eigenvalue weighted by Gasteiger charge is -2.38. The summed E-state index contributed by atoms with van der Waals surface area (Å²) in [5, 5.41) is 21.9. The van der Waals surface area contributed by atoms with E-state index in [9.17, 15) is 19.5 Å². The van der Waals surface area contributed by atoms with Crippen LogP contribution in [-0.2, 0) is 6.54 Å². The van der Waals surface area contributed by atoms with Gasteiger partial charge in [-0.15, -0.1) is 0 Å². The Morgan fingerprint density at radius 1 is 1.20 bits per heavy atom. The van der Waals surface area contributed by atoms with Crippen molar-refractivity contribution >= 4 is 23.5 Å². The number of carbonyl (C=O) groups is 3. The second kappa shape index (κ2) is 12.7. The molecule has 0 unspecified atom stereocenters. The Kier molecular flexibility index (Phi) is 9.08. The summed E-state index contributed by atoms with van der Waals surface area (Å²) in [6.07, 6.45) is 3.84. The second-order valence-electron chi connectivity index (χ2n) is 10.0. The molecule has 40 heavy (non-hydrogen) atoms. The number of carboxylic acids is 1. The van der Waals surface area contributed by atoms with Gasteiger partial charge in [-0.2, -0.15) is 0 Å². The minimum absolute atomic E-state index is 0.117. The van der Waals surface area contributed by atoms with E-state index in [2.05, 4.69) is 20.2 Å². The van der Waals surface area contributed by atoms with E-state index in [4.69, 9.17) is 9.84 Å². The molecule has 1 aromatic heterocycles. The highest BCUT2D eigenvalue weighted by molar-refractivity contribution is 6.06. The number of amides is 2. The molecule has 1 aliphatic rings. The second-order valence-corrected chi connectivity index (χ2v) is 10.0. The minimum atomic E-state index is -0.978. The molecular weight excluding hydrogens is 514 g/mol. The Hall–Kier alpha value is -4.35. The first-order valence-corrected chi connectivity index (χ1v) is 13.0. The molecule has 0 aliphatic carbocycles. The Morgan fingerprint density at radius 3 is 2.60 bits per heavy atom. The van der Waals surface area contributed by atoms with Gasteiger partial charge in [0.1, 0.15) is 11.8 Å². The number of likely N-dealkylation sites (N-methyl/N-ethyl adjacent to an activating group) is 1. The maximum Gasteiger partial charge on any atom is 0.335 e. The molecule has 0 saturated carbocycles. The van der Waals surface area contributed by atoms with Crippen LogP contribution >= 0.6 is 0 Å². The summed E-state index contributed by atoms with van der Waals surface area (Å²) < 4.78 is 6.53. The number of aromatic carboxylic acids is 1. The van der Waals surface area contributed by atoms with Crippen molar-refractivity contribution in [2.24, 2.45) is 5.92 Å². The van der Waals surface area contributed by atoms with Crippen molar-refractivity contribution in [2.45, 2.75) is 32.5 Å². The zero-order chi connectivity index (χ0) is 28.8. The van der Waals surface area contributed by atoms with Gasteiger partial charge in [-0.3, -0.25) is 19.5 Å². The minimum Gasteiger partial charge on any atom is -0.486 e. The predicted molar refractivity (Wildman–Crippen MR) is 147 cm³/mol. The van der Waals surface area contributed by atoms with E-state index < -0.39 is 24.0 Å². The predicted octanol–water partition coefficient (Wildman–Crippen LogP) is 2.78. The first kappa shape index (κ1) is 28.7. The molecule has 0 bridgehead atoms. The van der Waals surface area contributed by atoms with Crippen molar-refractivity contribution in [3.05, 3.63) is 83.4 Å². The van der Waals surface area contributed by atoms with Crippen LogP contribution < -0.4 is 10.1 Å². The summed E-state index contributed by atoms with van der Waals surface area (Å²) in [4.78, 5) is 49.4. The molecule has 3 N–H and O–H groups in total. The summed E-state index contributed by atoms with van der Waals surface area (Å²) in [6.45, 7) is 4.95. The summed E-state index contributed by atoms with van der Waals surface area (Å²) in [5.74, 6) is -1.66. The smallest absolute Gasteiger partial charge is 0.335 e. The Bertz CT molecular complexity index is 1350. The number of aromatic nitrogens is 2. The van der Waals surface area contributed by atoms with Gasteiger partial charge in [0, 0.05) is 37.9 Å². The Labute approximate surface area is 232 Å². The number of ether oxygens (including phenoxy) is 1. The number of carboxylic acid groups (broad SMARTS) is 1. The number of carbonyl (C=O) groups excluding carboxylic acids is 2. The van der Waals surface area contributed by atoms with E-state index in [0.29, 0.717) is 25.3 Å². The molecule has 11 heteroatoms. The number of nitrogens with zero attached hydrogens (tertiary/aromatic N) is 4. The lowest BCUT2D eigenvalue weighted by Crippen LogP contribution is -2.49. The third-order valence-electron chi connectivity index (χ3n) is 6.88. The number of rotatable bonds is 9. The Balaban J connectivity index is 1.64. The topological polar surface area (TPSA) is 145 Å². The largest absolute Gasteiger partial charge is 0.486 e. The first-order chi connectivity index (χ1) is 19.2. The van der Waals surface area contributed by atoms with Crippen molar-refractivity contribution < 1.29 is 29.3 Å². The Morgan fingerprint density at radius 2 is 1.95 bits per heavy atom. The SMILES string of the molecule is C[C@@H]1CN([C@@H](C)CO)C(=O)c2cccc(NC(=O)c3cnccn3)c2O[C@H]1CN(C)Cc1ccc(C(=O)O)cc1. The summed E-state index contributed by atoms with van der Waals surface area (Å²) in [7, 11) is 1.93. The standard InChI is InChI=1S/C29H33N5O6/c1-18-14-34(19(2)17-35)28(37)22-5-4-6-23(32-27(36)24-13-30-11-12-31-24)26(22)40-25(18)16-33(3)15-20-7-9-21(10-8-20)29(38)39/h4-13,18-19,25,35H,14-17H2,1-3H3,(H,32,36)(H,38,39)/t18-,19+,25+/m1/s1. The van der Waals surface area contributed by atoms with Crippen molar-refractivity contribution in [1.82, 2.24) is 19.8 Å². The third kappa shape index (κ3) is 6.61. The maximum absolute atomic E-state index is 13.6. The van der Waals surface area contributed by atoms with E-state index in [0.717, 1.165) is 5.56 Å². The van der Waals surface area contributed by atoms with E-state index >= 15 is 0 Å². The molecule has 0 spiro atoms. The van der Waals surface area contributed by atoms with Crippen LogP contribution in [0.4, 0.5) is 5.69 Å². The zero-order valence-corrected chi connectivity index (χ0v) is 22.7.